The van der Waals surface area contributed by atoms with Gasteiger partial charge in [0.25, 0.3) is 5.91 Å². The molecule has 2 aromatic rings. The van der Waals surface area contributed by atoms with Gasteiger partial charge in [0.2, 0.25) is 0 Å². The number of aryl methyl sites for hydroxylation is 1. The molecule has 1 aromatic carbocycles. The maximum Gasteiger partial charge on any atom is 0.258 e. The number of ether oxygens (including phenoxy) is 2. The van der Waals surface area contributed by atoms with Crippen molar-refractivity contribution in [3.63, 3.8) is 0 Å². The second kappa shape index (κ2) is 8.99. The first kappa shape index (κ1) is 17.9. The molecule has 1 fully saturated rings. The molecule has 1 aliphatic heterocycles. The standard InChI is InChI=1S/C19H24N2O3S/c1-15-3-2-4-17(11-15)24-13-19(22)20-12-18(16-5-10-25-14-16)21-6-8-23-9-7-21/h2-5,10-11,14,18H,6-9,12-13H2,1H3,(H,20,22). The van der Waals surface area contributed by atoms with Crippen molar-refractivity contribution in [2.75, 3.05) is 39.5 Å². The summed E-state index contributed by atoms with van der Waals surface area (Å²) in [5, 5.41) is 7.23. The van der Waals surface area contributed by atoms with Crippen molar-refractivity contribution in [1.82, 2.24) is 10.2 Å². The Kier molecular flexibility index (Phi) is 6.44. The van der Waals surface area contributed by atoms with Crippen molar-refractivity contribution >= 4 is 17.2 Å². The molecule has 0 spiro atoms. The number of morpholine rings is 1. The van der Waals surface area contributed by atoms with Gasteiger partial charge in [-0.1, -0.05) is 12.1 Å². The minimum absolute atomic E-state index is 0.0307. The van der Waals surface area contributed by atoms with E-state index >= 15 is 0 Å². The molecule has 0 bridgehead atoms. The van der Waals surface area contributed by atoms with Gasteiger partial charge in [0.05, 0.1) is 19.3 Å². The number of amides is 1. The first-order chi connectivity index (χ1) is 12.2. The Balaban J connectivity index is 1.52. The van der Waals surface area contributed by atoms with Crippen molar-refractivity contribution in [3.8, 4) is 5.75 Å². The van der Waals surface area contributed by atoms with Gasteiger partial charge in [0, 0.05) is 19.6 Å². The SMILES string of the molecule is Cc1cccc(OCC(=O)NCC(c2ccsc2)N2CCOCC2)c1. The van der Waals surface area contributed by atoms with Crippen molar-refractivity contribution in [3.05, 3.63) is 52.2 Å². The number of benzene rings is 1. The van der Waals surface area contributed by atoms with Crippen LogP contribution in [0.4, 0.5) is 0 Å². The third-order valence-corrected chi connectivity index (χ3v) is 4.97. The number of carbonyl (C=O) groups excluding carboxylic acids is 1. The molecule has 25 heavy (non-hydrogen) atoms. The molecule has 0 saturated carbocycles. The van der Waals surface area contributed by atoms with Crippen LogP contribution in [0, 0.1) is 6.92 Å². The van der Waals surface area contributed by atoms with Crippen LogP contribution in [0.3, 0.4) is 0 Å². The average Bonchev–Trinajstić information content (AvgIpc) is 3.15. The third-order valence-electron chi connectivity index (χ3n) is 4.27. The quantitative estimate of drug-likeness (QED) is 0.825. The second-order valence-corrected chi connectivity index (χ2v) is 6.91. The van der Waals surface area contributed by atoms with Gasteiger partial charge in [-0.15, -0.1) is 0 Å². The molecule has 6 heteroatoms. The lowest BCUT2D eigenvalue weighted by molar-refractivity contribution is -0.123. The lowest BCUT2D eigenvalue weighted by Gasteiger charge is -2.34. The van der Waals surface area contributed by atoms with Gasteiger partial charge >= 0.3 is 0 Å². The highest BCUT2D eigenvalue weighted by molar-refractivity contribution is 7.07. The smallest absolute Gasteiger partial charge is 0.258 e. The van der Waals surface area contributed by atoms with Gasteiger partial charge in [-0.05, 0) is 47.0 Å². The summed E-state index contributed by atoms with van der Waals surface area (Å²) in [4.78, 5) is 14.5. The number of hydrogen-bond acceptors (Lipinski definition) is 5. The predicted octanol–water partition coefficient (Wildman–Crippen LogP) is 2.63. The van der Waals surface area contributed by atoms with E-state index in [0.29, 0.717) is 6.54 Å². The van der Waals surface area contributed by atoms with E-state index < -0.39 is 0 Å². The van der Waals surface area contributed by atoms with Crippen LogP contribution in [-0.4, -0.2) is 50.3 Å². The largest absolute Gasteiger partial charge is 0.484 e. The van der Waals surface area contributed by atoms with Crippen LogP contribution >= 0.6 is 11.3 Å². The van der Waals surface area contributed by atoms with E-state index in [2.05, 4.69) is 27.0 Å². The zero-order chi connectivity index (χ0) is 17.5. The Morgan fingerprint density at radius 3 is 2.92 bits per heavy atom. The first-order valence-electron chi connectivity index (χ1n) is 8.52. The second-order valence-electron chi connectivity index (χ2n) is 6.13. The fourth-order valence-corrected chi connectivity index (χ4v) is 3.63. The van der Waals surface area contributed by atoms with Crippen LogP contribution in [-0.2, 0) is 9.53 Å². The molecule has 5 nitrogen and oxygen atoms in total. The molecule has 0 aliphatic carbocycles. The summed E-state index contributed by atoms with van der Waals surface area (Å²) in [6.07, 6.45) is 0. The normalized spacial score (nSPS) is 16.4. The molecule has 134 valence electrons. The van der Waals surface area contributed by atoms with Crippen LogP contribution in [0.5, 0.6) is 5.75 Å². The zero-order valence-corrected chi connectivity index (χ0v) is 15.3. The number of rotatable bonds is 7. The lowest BCUT2D eigenvalue weighted by atomic mass is 10.1. The molecule has 1 amide bonds. The predicted molar refractivity (Wildman–Crippen MR) is 99.1 cm³/mol. The van der Waals surface area contributed by atoms with Gasteiger partial charge in [-0.2, -0.15) is 11.3 Å². The number of nitrogens with one attached hydrogen (secondary N) is 1. The van der Waals surface area contributed by atoms with Crippen molar-refractivity contribution < 1.29 is 14.3 Å². The van der Waals surface area contributed by atoms with Crippen molar-refractivity contribution in [1.29, 1.82) is 0 Å². The van der Waals surface area contributed by atoms with Gasteiger partial charge in [-0.3, -0.25) is 9.69 Å². The highest BCUT2D eigenvalue weighted by Crippen LogP contribution is 2.23. The molecule has 1 N–H and O–H groups in total. The van der Waals surface area contributed by atoms with E-state index in [1.165, 1.54) is 5.56 Å². The van der Waals surface area contributed by atoms with E-state index in [1.807, 2.05) is 31.2 Å². The molecular weight excluding hydrogens is 336 g/mol. The Hall–Kier alpha value is -1.89. The summed E-state index contributed by atoms with van der Waals surface area (Å²) < 4.78 is 11.0. The molecule has 0 radical (unpaired) electrons. The van der Waals surface area contributed by atoms with E-state index in [4.69, 9.17) is 9.47 Å². The molecule has 1 saturated heterocycles. The average molecular weight is 360 g/mol. The molecule has 2 heterocycles. The van der Waals surface area contributed by atoms with Crippen LogP contribution in [0.25, 0.3) is 0 Å². The summed E-state index contributed by atoms with van der Waals surface area (Å²) in [5.74, 6) is 0.618. The van der Waals surface area contributed by atoms with Gasteiger partial charge < -0.3 is 14.8 Å². The number of carbonyl (C=O) groups is 1. The number of nitrogens with zero attached hydrogens (tertiary/aromatic N) is 1. The van der Waals surface area contributed by atoms with E-state index in [9.17, 15) is 4.79 Å². The molecule has 1 unspecified atom stereocenters. The Morgan fingerprint density at radius 2 is 2.20 bits per heavy atom. The summed E-state index contributed by atoms with van der Waals surface area (Å²) in [7, 11) is 0. The summed E-state index contributed by atoms with van der Waals surface area (Å²) in [6.45, 7) is 5.86. The van der Waals surface area contributed by atoms with E-state index in [1.54, 1.807) is 11.3 Å². The van der Waals surface area contributed by atoms with Crippen LogP contribution < -0.4 is 10.1 Å². The monoisotopic (exact) mass is 360 g/mol. The highest BCUT2D eigenvalue weighted by atomic mass is 32.1. The maximum atomic E-state index is 12.2. The maximum absolute atomic E-state index is 12.2. The van der Waals surface area contributed by atoms with Crippen LogP contribution in [0.2, 0.25) is 0 Å². The van der Waals surface area contributed by atoms with Gasteiger partial charge in [-0.25, -0.2) is 0 Å². The molecule has 1 atom stereocenters. The van der Waals surface area contributed by atoms with E-state index in [-0.39, 0.29) is 18.6 Å². The number of hydrogen-bond donors (Lipinski definition) is 1. The summed E-state index contributed by atoms with van der Waals surface area (Å²) >= 11 is 1.68. The van der Waals surface area contributed by atoms with Gasteiger partial charge in [0.15, 0.2) is 6.61 Å². The van der Waals surface area contributed by atoms with Crippen LogP contribution in [0.1, 0.15) is 17.2 Å². The minimum Gasteiger partial charge on any atom is -0.484 e. The fourth-order valence-electron chi connectivity index (χ4n) is 2.93. The molecular formula is C19H24N2O3S. The summed E-state index contributed by atoms with van der Waals surface area (Å²) in [5.41, 5.74) is 2.36. The van der Waals surface area contributed by atoms with Crippen molar-refractivity contribution in [2.45, 2.75) is 13.0 Å². The highest BCUT2D eigenvalue weighted by Gasteiger charge is 2.23. The third kappa shape index (κ3) is 5.29. The lowest BCUT2D eigenvalue weighted by Crippen LogP contribution is -2.44. The minimum atomic E-state index is -0.102. The topological polar surface area (TPSA) is 50.8 Å². The Labute approximate surface area is 152 Å². The molecule has 1 aliphatic rings. The number of thiophene rings is 1. The Morgan fingerprint density at radius 1 is 1.36 bits per heavy atom. The van der Waals surface area contributed by atoms with Crippen molar-refractivity contribution in [2.24, 2.45) is 0 Å². The fraction of sp³-hybridized carbons (Fsp3) is 0.421. The molecule has 1 aromatic heterocycles. The van der Waals surface area contributed by atoms with Gasteiger partial charge in [0.1, 0.15) is 5.75 Å². The summed E-state index contributed by atoms with van der Waals surface area (Å²) in [6, 6.07) is 10.0. The van der Waals surface area contributed by atoms with Crippen LogP contribution in [0.15, 0.2) is 41.1 Å². The zero-order valence-electron chi connectivity index (χ0n) is 14.4. The van der Waals surface area contributed by atoms with E-state index in [0.717, 1.165) is 37.6 Å². The Bertz CT molecular complexity index is 669. The first-order valence-corrected chi connectivity index (χ1v) is 9.47. The molecule has 3 rings (SSSR count).